The van der Waals surface area contributed by atoms with Crippen molar-refractivity contribution in [2.24, 2.45) is 11.8 Å². The number of rotatable bonds is 5. The van der Waals surface area contributed by atoms with Crippen molar-refractivity contribution >= 4 is 5.97 Å². The number of aliphatic carboxylic acids is 1. The normalized spacial score (nSPS) is 13.1. The first-order chi connectivity index (χ1) is 7.00. The van der Waals surface area contributed by atoms with E-state index in [1.165, 1.54) is 6.33 Å². The summed E-state index contributed by atoms with van der Waals surface area (Å²) < 4.78 is 1.78. The van der Waals surface area contributed by atoms with Gasteiger partial charge in [0, 0.05) is 13.0 Å². The van der Waals surface area contributed by atoms with Crippen LogP contribution in [0.25, 0.3) is 0 Å². The van der Waals surface area contributed by atoms with Crippen LogP contribution in [0.1, 0.15) is 26.6 Å². The Labute approximate surface area is 89.1 Å². The van der Waals surface area contributed by atoms with Gasteiger partial charge < -0.3 is 5.11 Å². The highest BCUT2D eigenvalue weighted by Gasteiger charge is 2.15. The van der Waals surface area contributed by atoms with E-state index in [9.17, 15) is 4.79 Å². The average molecular weight is 211 g/mol. The van der Waals surface area contributed by atoms with Crippen molar-refractivity contribution in [3.63, 3.8) is 0 Å². The quantitative estimate of drug-likeness (QED) is 0.794. The molecule has 0 aliphatic carbocycles. The Morgan fingerprint density at radius 1 is 1.53 bits per heavy atom. The zero-order chi connectivity index (χ0) is 11.4. The lowest BCUT2D eigenvalue weighted by Gasteiger charge is -2.10. The average Bonchev–Trinajstić information content (AvgIpc) is 2.51. The first kappa shape index (κ1) is 11.7. The minimum absolute atomic E-state index is 0.417. The molecule has 1 rings (SSSR count). The van der Waals surface area contributed by atoms with E-state index in [0.717, 1.165) is 12.4 Å². The van der Waals surface area contributed by atoms with Gasteiger partial charge in [-0.2, -0.15) is 5.10 Å². The van der Waals surface area contributed by atoms with Crippen LogP contribution in [0.5, 0.6) is 0 Å². The molecule has 1 heterocycles. The van der Waals surface area contributed by atoms with Gasteiger partial charge in [-0.15, -0.1) is 0 Å². The topological polar surface area (TPSA) is 68.0 Å². The molecule has 0 saturated carbocycles. The summed E-state index contributed by atoms with van der Waals surface area (Å²) in [7, 11) is 0. The maximum absolute atomic E-state index is 10.7. The number of hydrogen-bond donors (Lipinski definition) is 1. The summed E-state index contributed by atoms with van der Waals surface area (Å²) >= 11 is 0. The molecule has 0 amide bonds. The van der Waals surface area contributed by atoms with Crippen LogP contribution >= 0.6 is 0 Å². The fourth-order valence-corrected chi connectivity index (χ4v) is 1.31. The van der Waals surface area contributed by atoms with Crippen LogP contribution in [-0.4, -0.2) is 25.8 Å². The Kier molecular flexibility index (Phi) is 3.82. The number of nitrogens with zero attached hydrogens (tertiary/aromatic N) is 3. The molecule has 1 atom stereocenters. The fourth-order valence-electron chi connectivity index (χ4n) is 1.31. The van der Waals surface area contributed by atoms with Crippen LogP contribution in [0.3, 0.4) is 0 Å². The molecule has 0 bridgehead atoms. The van der Waals surface area contributed by atoms with E-state index in [0.29, 0.717) is 12.3 Å². The molecule has 0 radical (unpaired) electrons. The molecule has 5 nitrogen and oxygen atoms in total. The van der Waals surface area contributed by atoms with Crippen molar-refractivity contribution in [2.75, 3.05) is 0 Å². The van der Waals surface area contributed by atoms with Crippen molar-refractivity contribution < 1.29 is 9.90 Å². The molecule has 0 aromatic carbocycles. The lowest BCUT2D eigenvalue weighted by molar-refractivity contribution is -0.141. The van der Waals surface area contributed by atoms with Gasteiger partial charge in [0.2, 0.25) is 0 Å². The summed E-state index contributed by atoms with van der Waals surface area (Å²) in [6, 6.07) is 0. The number of carbonyl (C=O) groups is 1. The number of hydrogen-bond acceptors (Lipinski definition) is 3. The Hall–Kier alpha value is -1.39. The molecule has 1 aromatic heterocycles. The predicted octanol–water partition coefficient (Wildman–Crippen LogP) is 1.20. The van der Waals surface area contributed by atoms with Crippen LogP contribution in [0, 0.1) is 11.8 Å². The molecule has 0 fully saturated rings. The first-order valence-electron chi connectivity index (χ1n) is 5.10. The second kappa shape index (κ2) is 4.91. The van der Waals surface area contributed by atoms with E-state index in [1.807, 2.05) is 0 Å². The van der Waals surface area contributed by atoms with Crippen molar-refractivity contribution in [1.29, 1.82) is 0 Å². The molecule has 0 aliphatic heterocycles. The second-order valence-corrected chi connectivity index (χ2v) is 4.20. The van der Waals surface area contributed by atoms with Crippen LogP contribution in [-0.2, 0) is 17.8 Å². The van der Waals surface area contributed by atoms with Crippen molar-refractivity contribution in [2.45, 2.75) is 33.7 Å². The Morgan fingerprint density at radius 3 is 2.73 bits per heavy atom. The second-order valence-electron chi connectivity index (χ2n) is 4.20. The molecule has 1 unspecified atom stereocenters. The third-order valence-electron chi connectivity index (χ3n) is 2.14. The van der Waals surface area contributed by atoms with E-state index in [-0.39, 0.29) is 0 Å². The summed E-state index contributed by atoms with van der Waals surface area (Å²) in [5, 5.41) is 12.9. The highest BCUT2D eigenvalue weighted by atomic mass is 16.4. The smallest absolute Gasteiger partial charge is 0.306 e. The van der Waals surface area contributed by atoms with Gasteiger partial charge in [-0.1, -0.05) is 20.8 Å². The molecular formula is C10H17N3O2. The van der Waals surface area contributed by atoms with E-state index in [1.54, 1.807) is 11.6 Å². The van der Waals surface area contributed by atoms with E-state index in [4.69, 9.17) is 5.11 Å². The van der Waals surface area contributed by atoms with Crippen LogP contribution in [0.2, 0.25) is 0 Å². The van der Waals surface area contributed by atoms with E-state index in [2.05, 4.69) is 23.9 Å². The molecule has 1 N–H and O–H groups in total. The van der Waals surface area contributed by atoms with Gasteiger partial charge in [0.1, 0.15) is 12.2 Å². The molecule has 84 valence electrons. The predicted molar refractivity (Wildman–Crippen MR) is 55.4 cm³/mol. The standard InChI is InChI=1S/C10H17N3O2/c1-7(2)5-13-9(11-6-12-13)4-8(3)10(14)15/h6-8H,4-5H2,1-3H3,(H,14,15). The largest absolute Gasteiger partial charge is 0.481 e. The fraction of sp³-hybridized carbons (Fsp3) is 0.700. The van der Waals surface area contributed by atoms with Gasteiger partial charge in [0.25, 0.3) is 0 Å². The molecular weight excluding hydrogens is 194 g/mol. The van der Waals surface area contributed by atoms with Crippen molar-refractivity contribution in [1.82, 2.24) is 14.8 Å². The Morgan fingerprint density at radius 2 is 2.20 bits per heavy atom. The Balaban J connectivity index is 2.68. The minimum atomic E-state index is -0.797. The molecule has 15 heavy (non-hydrogen) atoms. The SMILES string of the molecule is CC(C)Cn1ncnc1CC(C)C(=O)O. The summed E-state index contributed by atoms with van der Waals surface area (Å²) in [4.78, 5) is 14.8. The van der Waals surface area contributed by atoms with Gasteiger partial charge in [0.05, 0.1) is 5.92 Å². The number of carboxylic acid groups (broad SMARTS) is 1. The molecule has 0 aliphatic rings. The van der Waals surface area contributed by atoms with Crippen molar-refractivity contribution in [3.8, 4) is 0 Å². The highest BCUT2D eigenvalue weighted by Crippen LogP contribution is 2.07. The van der Waals surface area contributed by atoms with E-state index >= 15 is 0 Å². The summed E-state index contributed by atoms with van der Waals surface area (Å²) in [6.07, 6.45) is 1.91. The zero-order valence-electron chi connectivity index (χ0n) is 9.34. The molecule has 0 saturated heterocycles. The minimum Gasteiger partial charge on any atom is -0.481 e. The lowest BCUT2D eigenvalue weighted by Crippen LogP contribution is -2.17. The third kappa shape index (κ3) is 3.34. The van der Waals surface area contributed by atoms with Gasteiger partial charge >= 0.3 is 5.97 Å². The maximum Gasteiger partial charge on any atom is 0.306 e. The summed E-state index contributed by atoms with van der Waals surface area (Å²) in [5.41, 5.74) is 0. The lowest BCUT2D eigenvalue weighted by atomic mass is 10.1. The van der Waals surface area contributed by atoms with Gasteiger partial charge in [0.15, 0.2) is 0 Å². The molecule has 5 heteroatoms. The van der Waals surface area contributed by atoms with Crippen LogP contribution in [0.4, 0.5) is 0 Å². The molecule has 0 spiro atoms. The summed E-state index contributed by atoms with van der Waals surface area (Å²) in [5.74, 6) is 0.0124. The van der Waals surface area contributed by atoms with Crippen LogP contribution in [0.15, 0.2) is 6.33 Å². The monoisotopic (exact) mass is 211 g/mol. The molecule has 1 aromatic rings. The van der Waals surface area contributed by atoms with Gasteiger partial charge in [-0.25, -0.2) is 9.67 Å². The van der Waals surface area contributed by atoms with E-state index < -0.39 is 11.9 Å². The number of aromatic nitrogens is 3. The maximum atomic E-state index is 10.7. The highest BCUT2D eigenvalue weighted by molar-refractivity contribution is 5.69. The van der Waals surface area contributed by atoms with Crippen LogP contribution < -0.4 is 0 Å². The van der Waals surface area contributed by atoms with Gasteiger partial charge in [-0.05, 0) is 5.92 Å². The third-order valence-corrected chi connectivity index (χ3v) is 2.14. The first-order valence-corrected chi connectivity index (χ1v) is 5.10. The van der Waals surface area contributed by atoms with Gasteiger partial charge in [-0.3, -0.25) is 4.79 Å². The summed E-state index contributed by atoms with van der Waals surface area (Å²) in [6.45, 7) is 6.64. The Bertz CT molecular complexity index is 333. The number of carboxylic acids is 1. The van der Waals surface area contributed by atoms with Crippen molar-refractivity contribution in [3.05, 3.63) is 12.2 Å². The zero-order valence-corrected chi connectivity index (χ0v) is 9.34.